The van der Waals surface area contributed by atoms with E-state index in [1.807, 2.05) is 48.5 Å². The lowest BCUT2D eigenvalue weighted by atomic mass is 10.1. The largest absolute Gasteiger partial charge is 0.311 e. The predicted molar refractivity (Wildman–Crippen MR) is 145 cm³/mol. The van der Waals surface area contributed by atoms with Crippen molar-refractivity contribution in [3.63, 3.8) is 0 Å². The van der Waals surface area contributed by atoms with Crippen molar-refractivity contribution in [2.24, 2.45) is 0 Å². The average Bonchev–Trinajstić information content (AvgIpc) is 2.95. The number of fused-ring (bicyclic) bond motifs is 1. The van der Waals surface area contributed by atoms with Crippen molar-refractivity contribution in [3.05, 3.63) is 140 Å². The van der Waals surface area contributed by atoms with E-state index in [1.165, 1.54) is 0 Å². The van der Waals surface area contributed by atoms with E-state index < -0.39 is 0 Å². The Morgan fingerprint density at radius 2 is 0.914 bits per heavy atom. The number of benzene rings is 5. The van der Waals surface area contributed by atoms with E-state index in [2.05, 4.69) is 95.9 Å². The molecule has 5 aromatic carbocycles. The zero-order chi connectivity index (χ0) is 23.5. The SMILES string of the molecule is c1ccc(-c2nc(-c3ccc(N(c4ccccc4)c4ccccc4)cc3)nc3ccccc23)cc1. The molecule has 0 aliphatic rings. The summed E-state index contributed by atoms with van der Waals surface area (Å²) < 4.78 is 0. The quantitative estimate of drug-likeness (QED) is 0.264. The highest BCUT2D eigenvalue weighted by Gasteiger charge is 2.14. The first-order valence-corrected chi connectivity index (χ1v) is 11.7. The number of rotatable bonds is 5. The molecule has 3 heteroatoms. The highest BCUT2D eigenvalue weighted by atomic mass is 15.1. The van der Waals surface area contributed by atoms with E-state index in [0.29, 0.717) is 0 Å². The van der Waals surface area contributed by atoms with Gasteiger partial charge in [0.15, 0.2) is 5.82 Å². The molecule has 35 heavy (non-hydrogen) atoms. The van der Waals surface area contributed by atoms with Gasteiger partial charge in [0.2, 0.25) is 0 Å². The van der Waals surface area contributed by atoms with Crippen LogP contribution in [0.5, 0.6) is 0 Å². The average molecular weight is 450 g/mol. The fraction of sp³-hybridized carbons (Fsp3) is 0. The summed E-state index contributed by atoms with van der Waals surface area (Å²) in [6.45, 7) is 0. The minimum absolute atomic E-state index is 0.722. The molecule has 0 N–H and O–H groups in total. The maximum absolute atomic E-state index is 5.01. The van der Waals surface area contributed by atoms with E-state index in [9.17, 15) is 0 Å². The van der Waals surface area contributed by atoms with Crippen molar-refractivity contribution in [2.75, 3.05) is 4.90 Å². The fourth-order valence-corrected chi connectivity index (χ4v) is 4.38. The highest BCUT2D eigenvalue weighted by molar-refractivity contribution is 5.93. The number of anilines is 3. The van der Waals surface area contributed by atoms with Gasteiger partial charge in [-0.25, -0.2) is 9.97 Å². The van der Waals surface area contributed by atoms with Crippen molar-refractivity contribution in [3.8, 4) is 22.6 Å². The Morgan fingerprint density at radius 3 is 1.54 bits per heavy atom. The van der Waals surface area contributed by atoms with Crippen LogP contribution < -0.4 is 4.90 Å². The van der Waals surface area contributed by atoms with Gasteiger partial charge in [0.25, 0.3) is 0 Å². The molecule has 0 bridgehead atoms. The lowest BCUT2D eigenvalue weighted by Crippen LogP contribution is -2.09. The standard InChI is InChI=1S/C32H23N3/c1-4-12-24(13-5-1)31-29-18-10-11-19-30(29)33-32(34-31)25-20-22-28(23-21-25)35(26-14-6-2-7-15-26)27-16-8-3-9-17-27/h1-23H. The van der Waals surface area contributed by atoms with E-state index in [-0.39, 0.29) is 0 Å². The number of para-hydroxylation sites is 3. The van der Waals surface area contributed by atoms with Gasteiger partial charge in [0.05, 0.1) is 11.2 Å². The topological polar surface area (TPSA) is 29.0 Å². The van der Waals surface area contributed by atoms with Gasteiger partial charge >= 0.3 is 0 Å². The molecule has 0 radical (unpaired) electrons. The van der Waals surface area contributed by atoms with Crippen LogP contribution in [0.2, 0.25) is 0 Å². The Kier molecular flexibility index (Phi) is 5.50. The monoisotopic (exact) mass is 449 g/mol. The molecule has 1 heterocycles. The Hall–Kier alpha value is -4.76. The van der Waals surface area contributed by atoms with E-state index in [4.69, 9.17) is 9.97 Å². The highest BCUT2D eigenvalue weighted by Crippen LogP contribution is 2.35. The summed E-state index contributed by atoms with van der Waals surface area (Å²) in [7, 11) is 0. The van der Waals surface area contributed by atoms with Gasteiger partial charge in [-0.1, -0.05) is 84.9 Å². The van der Waals surface area contributed by atoms with Gasteiger partial charge in [-0.05, 0) is 54.6 Å². The summed E-state index contributed by atoms with van der Waals surface area (Å²) in [5.41, 5.74) is 7.26. The van der Waals surface area contributed by atoms with Crippen molar-refractivity contribution in [1.29, 1.82) is 0 Å². The summed E-state index contributed by atoms with van der Waals surface area (Å²) >= 11 is 0. The zero-order valence-electron chi connectivity index (χ0n) is 19.1. The van der Waals surface area contributed by atoms with Crippen LogP contribution in [0.1, 0.15) is 0 Å². The summed E-state index contributed by atoms with van der Waals surface area (Å²) in [6, 6.07) is 47.8. The predicted octanol–water partition coefficient (Wildman–Crippen LogP) is 8.43. The summed E-state index contributed by atoms with van der Waals surface area (Å²) in [5, 5.41) is 1.05. The van der Waals surface area contributed by atoms with Crippen LogP contribution in [-0.4, -0.2) is 9.97 Å². The molecule has 6 rings (SSSR count). The van der Waals surface area contributed by atoms with Crippen LogP contribution in [0.25, 0.3) is 33.5 Å². The van der Waals surface area contributed by atoms with E-state index >= 15 is 0 Å². The zero-order valence-corrected chi connectivity index (χ0v) is 19.1. The number of nitrogens with zero attached hydrogens (tertiary/aromatic N) is 3. The molecule has 1 aromatic heterocycles. The molecule has 0 aliphatic carbocycles. The van der Waals surface area contributed by atoms with Gasteiger partial charge in [-0.2, -0.15) is 0 Å². The molecule has 0 unspecified atom stereocenters. The molecule has 0 saturated heterocycles. The Labute approximate surface area is 205 Å². The Bertz CT molecular complexity index is 1520. The van der Waals surface area contributed by atoms with Gasteiger partial charge in [-0.3, -0.25) is 0 Å². The fourth-order valence-electron chi connectivity index (χ4n) is 4.38. The molecule has 0 aliphatic heterocycles. The van der Waals surface area contributed by atoms with Crippen LogP contribution in [0.3, 0.4) is 0 Å². The number of aromatic nitrogens is 2. The second-order valence-corrected chi connectivity index (χ2v) is 8.33. The van der Waals surface area contributed by atoms with Crippen LogP contribution in [-0.2, 0) is 0 Å². The van der Waals surface area contributed by atoms with Crippen LogP contribution in [0.15, 0.2) is 140 Å². The van der Waals surface area contributed by atoms with E-state index in [1.54, 1.807) is 0 Å². The van der Waals surface area contributed by atoms with Crippen molar-refractivity contribution in [1.82, 2.24) is 9.97 Å². The maximum Gasteiger partial charge on any atom is 0.160 e. The molecular weight excluding hydrogens is 426 g/mol. The molecular formula is C32H23N3. The molecule has 166 valence electrons. The Balaban J connectivity index is 1.44. The molecule has 0 saturated carbocycles. The third-order valence-corrected chi connectivity index (χ3v) is 6.06. The normalized spacial score (nSPS) is 10.9. The summed E-state index contributed by atoms with van der Waals surface area (Å²) in [4.78, 5) is 12.2. The second-order valence-electron chi connectivity index (χ2n) is 8.33. The van der Waals surface area contributed by atoms with Gasteiger partial charge in [0.1, 0.15) is 0 Å². The van der Waals surface area contributed by atoms with Crippen molar-refractivity contribution >= 4 is 28.0 Å². The summed E-state index contributed by atoms with van der Waals surface area (Å²) in [6.07, 6.45) is 0. The van der Waals surface area contributed by atoms with E-state index in [0.717, 1.165) is 50.6 Å². The van der Waals surface area contributed by atoms with Gasteiger partial charge in [-0.15, -0.1) is 0 Å². The molecule has 0 amide bonds. The minimum atomic E-state index is 0.722. The smallest absolute Gasteiger partial charge is 0.160 e. The van der Waals surface area contributed by atoms with Crippen molar-refractivity contribution < 1.29 is 0 Å². The number of hydrogen-bond donors (Lipinski definition) is 0. The third kappa shape index (κ3) is 4.16. The van der Waals surface area contributed by atoms with Crippen LogP contribution in [0, 0.1) is 0 Å². The van der Waals surface area contributed by atoms with Crippen LogP contribution >= 0.6 is 0 Å². The van der Waals surface area contributed by atoms with Gasteiger partial charge in [0, 0.05) is 33.6 Å². The molecule has 3 nitrogen and oxygen atoms in total. The first-order chi connectivity index (χ1) is 17.4. The molecule has 0 spiro atoms. The minimum Gasteiger partial charge on any atom is -0.311 e. The maximum atomic E-state index is 5.01. The Morgan fingerprint density at radius 1 is 0.400 bits per heavy atom. The lowest BCUT2D eigenvalue weighted by molar-refractivity contribution is 1.22. The van der Waals surface area contributed by atoms with Crippen LogP contribution in [0.4, 0.5) is 17.1 Å². The first kappa shape index (κ1) is 20.8. The van der Waals surface area contributed by atoms with Gasteiger partial charge < -0.3 is 4.90 Å². The second kappa shape index (κ2) is 9.24. The van der Waals surface area contributed by atoms with Crippen molar-refractivity contribution in [2.45, 2.75) is 0 Å². The number of hydrogen-bond acceptors (Lipinski definition) is 3. The third-order valence-electron chi connectivity index (χ3n) is 6.06. The molecule has 6 aromatic rings. The lowest BCUT2D eigenvalue weighted by Gasteiger charge is -2.25. The molecule has 0 atom stereocenters. The molecule has 0 fully saturated rings. The first-order valence-electron chi connectivity index (χ1n) is 11.7. The summed E-state index contributed by atoms with van der Waals surface area (Å²) in [5.74, 6) is 0.722.